The van der Waals surface area contributed by atoms with Crippen LogP contribution in [0.1, 0.15) is 20.7 Å². The van der Waals surface area contributed by atoms with Gasteiger partial charge in [0.15, 0.2) is 0 Å². The van der Waals surface area contributed by atoms with Crippen LogP contribution >= 0.6 is 34.8 Å². The Kier molecular flexibility index (Phi) is 4.86. The van der Waals surface area contributed by atoms with E-state index in [4.69, 9.17) is 40.5 Å². The number of pyridine rings is 1. The predicted molar refractivity (Wildman–Crippen MR) is 128 cm³/mol. The summed E-state index contributed by atoms with van der Waals surface area (Å²) in [6.07, 6.45) is 0. The number of fused-ring (bicyclic) bond motifs is 2. The van der Waals surface area contributed by atoms with Crippen LogP contribution in [-0.2, 0) is 0 Å². The van der Waals surface area contributed by atoms with Crippen molar-refractivity contribution < 1.29 is 14.7 Å². The Balaban J connectivity index is 1.96. The first kappa shape index (κ1) is 21.3. The fourth-order valence-electron chi connectivity index (χ4n) is 4.05. The van der Waals surface area contributed by atoms with Gasteiger partial charge in [-0.05, 0) is 22.9 Å². The highest BCUT2D eigenvalue weighted by molar-refractivity contribution is 6.49. The van der Waals surface area contributed by atoms with Gasteiger partial charge in [-0.2, -0.15) is 0 Å². The summed E-state index contributed by atoms with van der Waals surface area (Å²) in [5, 5.41) is 14.3. The number of nitrogens with one attached hydrogen (secondary N) is 1. The molecule has 0 unspecified atom stereocenters. The number of phenolic OH excluding ortho intramolecular Hbond substituents is 1. The standard InChI is InChI=1S/C23H12Cl3N3O4/c24-13-7-11(16-10-4-2-1-3-9(10)5-6-14(16)30)20(19(26)18(13)25)29-15(31)8-12-17(21(29)27)23(33)28-22(12)32/h1-8,30H,27H2,(H,28,32,33). The molecule has 0 atom stereocenters. The maximum Gasteiger partial charge on any atom is 0.262 e. The molecule has 4 N–H and O–H groups in total. The number of hydrogen-bond donors (Lipinski definition) is 3. The minimum absolute atomic E-state index is 0.00942. The maximum atomic E-state index is 13.1. The van der Waals surface area contributed by atoms with E-state index in [0.29, 0.717) is 10.9 Å². The number of nitrogen functional groups attached to an aromatic ring is 1. The number of nitrogens with two attached hydrogens (primary N) is 1. The summed E-state index contributed by atoms with van der Waals surface area (Å²) in [6, 6.07) is 12.9. The van der Waals surface area contributed by atoms with Crippen molar-refractivity contribution in [3.63, 3.8) is 0 Å². The lowest BCUT2D eigenvalue weighted by molar-refractivity contribution is 0.0880. The summed E-state index contributed by atoms with van der Waals surface area (Å²) >= 11 is 19.2. The molecular weight excluding hydrogens is 489 g/mol. The van der Waals surface area contributed by atoms with Crippen LogP contribution in [0.3, 0.4) is 0 Å². The van der Waals surface area contributed by atoms with Crippen LogP contribution in [-0.4, -0.2) is 21.5 Å². The van der Waals surface area contributed by atoms with Gasteiger partial charge >= 0.3 is 0 Å². The number of hydrogen-bond acceptors (Lipinski definition) is 5. The second kappa shape index (κ2) is 7.52. The highest BCUT2D eigenvalue weighted by atomic mass is 35.5. The first-order valence-corrected chi connectivity index (χ1v) is 10.6. The molecule has 33 heavy (non-hydrogen) atoms. The number of aromatic hydroxyl groups is 1. The number of amides is 2. The van der Waals surface area contributed by atoms with Gasteiger partial charge < -0.3 is 10.8 Å². The topological polar surface area (TPSA) is 114 Å². The third-order valence-electron chi connectivity index (χ3n) is 5.49. The summed E-state index contributed by atoms with van der Waals surface area (Å²) < 4.78 is 0.984. The van der Waals surface area contributed by atoms with Crippen LogP contribution in [0.4, 0.5) is 5.82 Å². The Morgan fingerprint density at radius 2 is 1.58 bits per heavy atom. The van der Waals surface area contributed by atoms with E-state index in [0.717, 1.165) is 16.0 Å². The minimum Gasteiger partial charge on any atom is -0.507 e. The van der Waals surface area contributed by atoms with E-state index in [2.05, 4.69) is 5.32 Å². The lowest BCUT2D eigenvalue weighted by Crippen LogP contribution is -2.25. The van der Waals surface area contributed by atoms with Gasteiger partial charge in [0.05, 0.1) is 31.9 Å². The number of aromatic nitrogens is 1. The summed E-state index contributed by atoms with van der Waals surface area (Å²) in [4.78, 5) is 37.5. The molecule has 0 aliphatic carbocycles. The number of carbonyl (C=O) groups excluding carboxylic acids is 2. The molecule has 3 aromatic carbocycles. The first-order chi connectivity index (χ1) is 15.7. The molecule has 0 saturated carbocycles. The fourth-order valence-corrected chi connectivity index (χ4v) is 4.73. The molecule has 164 valence electrons. The lowest BCUT2D eigenvalue weighted by Gasteiger charge is -2.20. The Bertz CT molecular complexity index is 1610. The van der Waals surface area contributed by atoms with Gasteiger partial charge in [-0.3, -0.25) is 24.3 Å². The second-order valence-corrected chi connectivity index (χ2v) is 8.50. The normalized spacial score (nSPS) is 12.8. The molecule has 1 aromatic heterocycles. The monoisotopic (exact) mass is 499 g/mol. The van der Waals surface area contributed by atoms with Crippen molar-refractivity contribution in [3.05, 3.63) is 85.1 Å². The van der Waals surface area contributed by atoms with Crippen LogP contribution in [0.15, 0.2) is 53.3 Å². The van der Waals surface area contributed by atoms with Crippen LogP contribution in [0.2, 0.25) is 15.1 Å². The fraction of sp³-hybridized carbons (Fsp3) is 0. The zero-order chi connectivity index (χ0) is 23.6. The predicted octanol–water partition coefficient (Wildman–Crippen LogP) is 4.79. The SMILES string of the molecule is Nc1c2c(cc(=O)n1-c1c(-c3c(O)ccc4ccccc34)cc(Cl)c(Cl)c1Cl)C(=O)NC2=O. The maximum absolute atomic E-state index is 13.1. The van der Waals surface area contributed by atoms with Crippen LogP contribution in [0.25, 0.3) is 27.6 Å². The van der Waals surface area contributed by atoms with Gasteiger partial charge in [0.2, 0.25) is 0 Å². The molecule has 7 nitrogen and oxygen atoms in total. The van der Waals surface area contributed by atoms with Crippen molar-refractivity contribution in [2.45, 2.75) is 0 Å². The minimum atomic E-state index is -0.744. The molecule has 0 radical (unpaired) electrons. The van der Waals surface area contributed by atoms with Crippen LogP contribution in [0.5, 0.6) is 5.75 Å². The highest BCUT2D eigenvalue weighted by Crippen LogP contribution is 2.46. The van der Waals surface area contributed by atoms with E-state index >= 15 is 0 Å². The number of rotatable bonds is 2. The molecule has 0 fully saturated rings. The molecule has 10 heteroatoms. The number of halogens is 3. The summed E-state index contributed by atoms with van der Waals surface area (Å²) in [6.45, 7) is 0. The molecule has 1 aliphatic heterocycles. The van der Waals surface area contributed by atoms with Crippen molar-refractivity contribution in [3.8, 4) is 22.6 Å². The van der Waals surface area contributed by atoms with E-state index in [1.165, 1.54) is 12.1 Å². The van der Waals surface area contributed by atoms with Gasteiger partial charge in [0, 0.05) is 17.2 Å². The van der Waals surface area contributed by atoms with Crippen molar-refractivity contribution in [1.82, 2.24) is 9.88 Å². The van der Waals surface area contributed by atoms with E-state index in [9.17, 15) is 19.5 Å². The van der Waals surface area contributed by atoms with Crippen molar-refractivity contribution in [2.24, 2.45) is 0 Å². The number of carbonyl (C=O) groups is 2. The van der Waals surface area contributed by atoms with Gasteiger partial charge in [0.1, 0.15) is 11.6 Å². The van der Waals surface area contributed by atoms with E-state index in [-0.39, 0.29) is 49.0 Å². The van der Waals surface area contributed by atoms with Gasteiger partial charge in [-0.25, -0.2) is 0 Å². The summed E-state index contributed by atoms with van der Waals surface area (Å²) in [5.74, 6) is -1.88. The number of benzene rings is 3. The highest BCUT2D eigenvalue weighted by Gasteiger charge is 2.33. The van der Waals surface area contributed by atoms with E-state index < -0.39 is 17.4 Å². The Hall–Kier alpha value is -3.52. The quantitative estimate of drug-likeness (QED) is 0.270. The third kappa shape index (κ3) is 3.08. The molecule has 5 rings (SSSR count). The largest absolute Gasteiger partial charge is 0.507 e. The number of imide groups is 1. The Labute approximate surface area is 200 Å². The Morgan fingerprint density at radius 1 is 0.848 bits per heavy atom. The molecular formula is C23H12Cl3N3O4. The number of phenols is 1. The third-order valence-corrected chi connectivity index (χ3v) is 6.74. The summed E-state index contributed by atoms with van der Waals surface area (Å²) in [5.41, 5.74) is 5.80. The van der Waals surface area contributed by atoms with Crippen LogP contribution in [0, 0.1) is 0 Å². The van der Waals surface area contributed by atoms with Crippen molar-refractivity contribution in [1.29, 1.82) is 0 Å². The molecule has 4 aromatic rings. The zero-order valence-electron chi connectivity index (χ0n) is 16.4. The molecule has 1 aliphatic rings. The first-order valence-electron chi connectivity index (χ1n) is 9.51. The molecule has 0 bridgehead atoms. The molecule has 2 amide bonds. The summed E-state index contributed by atoms with van der Waals surface area (Å²) in [7, 11) is 0. The Morgan fingerprint density at radius 3 is 2.33 bits per heavy atom. The van der Waals surface area contributed by atoms with E-state index in [1.807, 2.05) is 12.1 Å². The molecule has 0 spiro atoms. The zero-order valence-corrected chi connectivity index (χ0v) is 18.7. The van der Waals surface area contributed by atoms with Gasteiger partial charge in [0.25, 0.3) is 17.4 Å². The molecule has 0 saturated heterocycles. The average Bonchev–Trinajstić information content (AvgIpc) is 3.06. The number of nitrogens with zero attached hydrogens (tertiary/aromatic N) is 1. The average molecular weight is 501 g/mol. The van der Waals surface area contributed by atoms with E-state index in [1.54, 1.807) is 18.2 Å². The smallest absolute Gasteiger partial charge is 0.262 e. The van der Waals surface area contributed by atoms with Gasteiger partial charge in [-0.15, -0.1) is 0 Å². The molecule has 2 heterocycles. The van der Waals surface area contributed by atoms with Crippen LogP contribution < -0.4 is 16.6 Å². The second-order valence-electron chi connectivity index (χ2n) is 7.34. The lowest BCUT2D eigenvalue weighted by atomic mass is 9.95. The van der Waals surface area contributed by atoms with Crippen molar-refractivity contribution >= 4 is 63.2 Å². The van der Waals surface area contributed by atoms with Crippen molar-refractivity contribution in [2.75, 3.05) is 5.73 Å². The van der Waals surface area contributed by atoms with Gasteiger partial charge in [-0.1, -0.05) is 65.1 Å². The number of anilines is 1.